The van der Waals surface area contributed by atoms with E-state index in [0.29, 0.717) is 11.7 Å². The Balaban J connectivity index is 1.38. The molecule has 0 unspecified atom stereocenters. The third-order valence-corrected chi connectivity index (χ3v) is 5.95. The Labute approximate surface area is 140 Å². The van der Waals surface area contributed by atoms with E-state index in [1.54, 1.807) is 0 Å². The minimum Gasteiger partial charge on any atom is -0.304 e. The molecule has 2 aliphatic rings. The molecule has 4 rings (SSSR count). The minimum absolute atomic E-state index is 0.0161. The molecular formula is C18H23N3OS. The van der Waals surface area contributed by atoms with Crippen LogP contribution in [0.2, 0.25) is 0 Å². The van der Waals surface area contributed by atoms with Gasteiger partial charge in [-0.05, 0) is 48.1 Å². The van der Waals surface area contributed by atoms with Crippen molar-refractivity contribution in [2.45, 2.75) is 57.3 Å². The zero-order valence-electron chi connectivity index (χ0n) is 13.3. The van der Waals surface area contributed by atoms with Gasteiger partial charge in [0.1, 0.15) is 0 Å². The third-order valence-electron chi connectivity index (χ3n) is 5.02. The van der Waals surface area contributed by atoms with E-state index in [2.05, 4.69) is 21.6 Å². The fraction of sp³-hybridized carbons (Fsp3) is 0.556. The second-order valence-corrected chi connectivity index (χ2v) is 7.84. The summed E-state index contributed by atoms with van der Waals surface area (Å²) in [5.41, 5.74) is 2.35. The number of amides is 1. The maximum atomic E-state index is 12.5. The summed E-state index contributed by atoms with van der Waals surface area (Å²) >= 11 is 1.53. The lowest BCUT2D eigenvalue weighted by molar-refractivity contribution is 0.102. The average Bonchev–Trinajstić information content (AvgIpc) is 3.12. The number of hydrogen-bond acceptors (Lipinski definition) is 3. The summed E-state index contributed by atoms with van der Waals surface area (Å²) in [5.74, 6) is 2.00. The number of aromatic amines is 1. The van der Waals surface area contributed by atoms with Crippen LogP contribution in [-0.4, -0.2) is 16.1 Å². The maximum absolute atomic E-state index is 12.5. The van der Waals surface area contributed by atoms with E-state index in [0.717, 1.165) is 22.9 Å². The van der Waals surface area contributed by atoms with E-state index in [1.165, 1.54) is 61.8 Å². The van der Waals surface area contributed by atoms with Gasteiger partial charge in [0.2, 0.25) is 0 Å². The Hall–Kier alpha value is -1.62. The Bertz CT molecular complexity index is 680. The summed E-state index contributed by atoms with van der Waals surface area (Å²) in [6.07, 6.45) is 10.2. The molecule has 0 radical (unpaired) electrons. The van der Waals surface area contributed by atoms with Gasteiger partial charge in [-0.1, -0.05) is 32.1 Å². The van der Waals surface area contributed by atoms with Crippen molar-refractivity contribution in [3.63, 3.8) is 0 Å². The number of anilines is 1. The van der Waals surface area contributed by atoms with E-state index in [1.807, 2.05) is 11.4 Å². The number of carbonyl (C=O) groups is 1. The monoisotopic (exact) mass is 329 g/mol. The normalized spacial score (nSPS) is 19.0. The summed E-state index contributed by atoms with van der Waals surface area (Å²) in [6.45, 7) is 0. The van der Waals surface area contributed by atoms with Crippen molar-refractivity contribution < 1.29 is 4.79 Å². The largest absolute Gasteiger partial charge is 0.304 e. The van der Waals surface area contributed by atoms with Gasteiger partial charge in [0.25, 0.3) is 5.91 Å². The zero-order valence-corrected chi connectivity index (χ0v) is 14.1. The molecule has 0 atom stereocenters. The standard InChI is InChI=1S/C18H23N3OS/c22-18(17-15(8-9-23-17)13-6-7-13)19-16-11-14(20-21-16)10-12-4-2-1-3-5-12/h8-9,11-13H,1-7,10H2,(H2,19,20,21,22). The lowest BCUT2D eigenvalue weighted by Gasteiger charge is -2.20. The summed E-state index contributed by atoms with van der Waals surface area (Å²) < 4.78 is 0. The molecule has 5 heteroatoms. The van der Waals surface area contributed by atoms with Gasteiger partial charge < -0.3 is 5.32 Å². The van der Waals surface area contributed by atoms with E-state index < -0.39 is 0 Å². The Kier molecular flexibility index (Phi) is 4.21. The van der Waals surface area contributed by atoms with Gasteiger partial charge in [-0.2, -0.15) is 5.10 Å². The first-order chi connectivity index (χ1) is 11.3. The van der Waals surface area contributed by atoms with E-state index in [4.69, 9.17) is 0 Å². The maximum Gasteiger partial charge on any atom is 0.267 e. The number of nitrogens with one attached hydrogen (secondary N) is 2. The van der Waals surface area contributed by atoms with Crippen LogP contribution in [0.1, 0.15) is 71.8 Å². The highest BCUT2D eigenvalue weighted by Gasteiger charge is 2.29. The first-order valence-corrected chi connectivity index (χ1v) is 9.60. The average molecular weight is 329 g/mol. The number of thiophene rings is 1. The van der Waals surface area contributed by atoms with Crippen molar-refractivity contribution in [3.8, 4) is 0 Å². The number of aromatic nitrogens is 2. The summed E-state index contributed by atoms with van der Waals surface area (Å²) in [6, 6.07) is 4.09. The molecule has 122 valence electrons. The molecule has 2 N–H and O–H groups in total. The Morgan fingerprint density at radius 1 is 1.26 bits per heavy atom. The molecule has 0 saturated heterocycles. The van der Waals surface area contributed by atoms with E-state index >= 15 is 0 Å². The van der Waals surface area contributed by atoms with Crippen LogP contribution in [0.3, 0.4) is 0 Å². The van der Waals surface area contributed by atoms with Crippen LogP contribution in [-0.2, 0) is 6.42 Å². The molecule has 2 saturated carbocycles. The molecule has 2 fully saturated rings. The van der Waals surface area contributed by atoms with Crippen LogP contribution in [0, 0.1) is 5.92 Å². The first-order valence-electron chi connectivity index (χ1n) is 8.72. The van der Waals surface area contributed by atoms with Crippen LogP contribution >= 0.6 is 11.3 Å². The topological polar surface area (TPSA) is 57.8 Å². The highest BCUT2D eigenvalue weighted by atomic mass is 32.1. The van der Waals surface area contributed by atoms with Crippen molar-refractivity contribution in [2.75, 3.05) is 5.32 Å². The van der Waals surface area contributed by atoms with E-state index in [9.17, 15) is 4.79 Å². The Morgan fingerprint density at radius 2 is 2.09 bits per heavy atom. The van der Waals surface area contributed by atoms with Crippen LogP contribution < -0.4 is 5.32 Å². The molecule has 4 nitrogen and oxygen atoms in total. The third kappa shape index (κ3) is 3.50. The van der Waals surface area contributed by atoms with Gasteiger partial charge in [0.05, 0.1) is 4.88 Å². The second kappa shape index (κ2) is 6.48. The minimum atomic E-state index is -0.0161. The SMILES string of the molecule is O=C(Nc1cc(CC2CCCCC2)[nH]n1)c1sccc1C1CC1. The van der Waals surface area contributed by atoms with Crippen molar-refractivity contribution in [2.24, 2.45) is 5.92 Å². The summed E-state index contributed by atoms with van der Waals surface area (Å²) in [7, 11) is 0. The molecule has 2 aromatic rings. The number of nitrogens with zero attached hydrogens (tertiary/aromatic N) is 1. The van der Waals surface area contributed by atoms with Gasteiger partial charge in [0.15, 0.2) is 5.82 Å². The van der Waals surface area contributed by atoms with Crippen molar-refractivity contribution in [1.29, 1.82) is 0 Å². The predicted octanol–water partition coefficient (Wildman–Crippen LogP) is 4.72. The fourth-order valence-corrected chi connectivity index (χ4v) is 4.50. The summed E-state index contributed by atoms with van der Waals surface area (Å²) in [4.78, 5) is 13.3. The number of carbonyl (C=O) groups excluding carboxylic acids is 1. The van der Waals surface area contributed by atoms with Crippen molar-refractivity contribution in [3.05, 3.63) is 33.6 Å². The van der Waals surface area contributed by atoms with Crippen molar-refractivity contribution >= 4 is 23.1 Å². The number of rotatable bonds is 5. The van der Waals surface area contributed by atoms with Crippen LogP contribution in [0.4, 0.5) is 5.82 Å². The molecule has 2 aliphatic carbocycles. The molecule has 1 amide bonds. The van der Waals surface area contributed by atoms with Gasteiger partial charge in [-0.25, -0.2) is 0 Å². The zero-order chi connectivity index (χ0) is 15.6. The van der Waals surface area contributed by atoms with Crippen molar-refractivity contribution in [1.82, 2.24) is 10.2 Å². The molecule has 0 spiro atoms. The molecule has 0 aliphatic heterocycles. The second-order valence-electron chi connectivity index (χ2n) is 6.92. The molecule has 2 heterocycles. The highest BCUT2D eigenvalue weighted by molar-refractivity contribution is 7.12. The number of hydrogen-bond donors (Lipinski definition) is 2. The smallest absolute Gasteiger partial charge is 0.267 e. The van der Waals surface area contributed by atoms with Crippen LogP contribution in [0.25, 0.3) is 0 Å². The lowest BCUT2D eigenvalue weighted by atomic mass is 9.86. The lowest BCUT2D eigenvalue weighted by Crippen LogP contribution is -2.12. The first kappa shape index (κ1) is 14.9. The fourth-order valence-electron chi connectivity index (χ4n) is 3.63. The number of H-pyrrole nitrogens is 1. The quantitative estimate of drug-likeness (QED) is 0.833. The van der Waals surface area contributed by atoms with Gasteiger partial charge in [-0.15, -0.1) is 11.3 Å². The molecule has 0 bridgehead atoms. The van der Waals surface area contributed by atoms with Crippen LogP contribution in [0.15, 0.2) is 17.5 Å². The molecule has 23 heavy (non-hydrogen) atoms. The molecule has 0 aromatic carbocycles. The highest BCUT2D eigenvalue weighted by Crippen LogP contribution is 2.43. The van der Waals surface area contributed by atoms with Gasteiger partial charge >= 0.3 is 0 Å². The Morgan fingerprint density at radius 3 is 2.87 bits per heavy atom. The molecule has 2 aromatic heterocycles. The van der Waals surface area contributed by atoms with Gasteiger partial charge in [0, 0.05) is 11.8 Å². The van der Waals surface area contributed by atoms with Crippen LogP contribution in [0.5, 0.6) is 0 Å². The van der Waals surface area contributed by atoms with Gasteiger partial charge in [-0.3, -0.25) is 9.89 Å². The van der Waals surface area contributed by atoms with E-state index in [-0.39, 0.29) is 5.91 Å². The predicted molar refractivity (Wildman–Crippen MR) is 93.1 cm³/mol. The summed E-state index contributed by atoms with van der Waals surface area (Å²) in [5, 5.41) is 12.3. The molecular weight excluding hydrogens is 306 g/mol.